The molecule has 0 N–H and O–H groups in total. The molecule has 4 heteroatoms. The monoisotopic (exact) mass is 581 g/mol. The minimum Gasteiger partial charge on any atom is -0.466 e. The fourth-order valence-electron chi connectivity index (χ4n) is 5.95. The molecule has 0 aliphatic rings. The zero-order valence-electron chi connectivity index (χ0n) is 28.3. The Morgan fingerprint density at radius 1 is 0.463 bits per heavy atom. The zero-order valence-corrected chi connectivity index (χ0v) is 28.3. The summed E-state index contributed by atoms with van der Waals surface area (Å²) in [6, 6.07) is 0. The van der Waals surface area contributed by atoms with Crippen LogP contribution in [0, 0.1) is 11.8 Å². The van der Waals surface area contributed by atoms with Crippen molar-refractivity contribution < 1.29 is 19.1 Å². The lowest BCUT2D eigenvalue weighted by atomic mass is 9.84. The second-order valence-electron chi connectivity index (χ2n) is 12.5. The van der Waals surface area contributed by atoms with Crippen molar-refractivity contribution in [2.24, 2.45) is 11.8 Å². The van der Waals surface area contributed by atoms with Crippen LogP contribution < -0.4 is 0 Å². The van der Waals surface area contributed by atoms with Crippen molar-refractivity contribution in [2.45, 2.75) is 201 Å². The Hall–Kier alpha value is -1.06. The van der Waals surface area contributed by atoms with Crippen molar-refractivity contribution in [3.63, 3.8) is 0 Å². The van der Waals surface area contributed by atoms with Crippen LogP contribution in [0.4, 0.5) is 0 Å². The molecule has 0 aliphatic heterocycles. The summed E-state index contributed by atoms with van der Waals surface area (Å²) in [5.74, 6) is 0.601. The van der Waals surface area contributed by atoms with Gasteiger partial charge in [0.05, 0.1) is 19.1 Å². The Bertz CT molecular complexity index is 561. The third kappa shape index (κ3) is 26.3. The summed E-state index contributed by atoms with van der Waals surface area (Å²) in [5, 5.41) is 0. The third-order valence-electron chi connectivity index (χ3n) is 8.79. The first-order chi connectivity index (χ1) is 20.1. The highest BCUT2D eigenvalue weighted by Gasteiger charge is 2.26. The predicted octanol–water partition coefficient (Wildman–Crippen LogP) is 11.9. The Balaban J connectivity index is 3.62. The molecule has 0 radical (unpaired) electrons. The maximum absolute atomic E-state index is 12.7. The van der Waals surface area contributed by atoms with Crippen LogP contribution in [0.25, 0.3) is 0 Å². The Morgan fingerprint density at radius 3 is 1.34 bits per heavy atom. The number of esters is 2. The number of hydrogen-bond donors (Lipinski definition) is 0. The SMILES string of the molecule is CCCCCCCCOC(=O)CCCCCCCCCCCCCC(CC)C(CC)C(=O)OCCCCCCCC. The lowest BCUT2D eigenvalue weighted by molar-refractivity contribution is -0.151. The normalized spacial score (nSPS) is 12.8. The van der Waals surface area contributed by atoms with Crippen LogP contribution in [0.3, 0.4) is 0 Å². The minimum absolute atomic E-state index is 0.00235. The van der Waals surface area contributed by atoms with Gasteiger partial charge in [-0.25, -0.2) is 0 Å². The first kappa shape index (κ1) is 39.9. The van der Waals surface area contributed by atoms with E-state index in [0.717, 1.165) is 44.9 Å². The Labute approximate surface area is 256 Å². The van der Waals surface area contributed by atoms with Gasteiger partial charge in [0, 0.05) is 6.42 Å². The Morgan fingerprint density at radius 2 is 0.878 bits per heavy atom. The topological polar surface area (TPSA) is 52.6 Å². The number of ether oxygens (including phenoxy) is 2. The van der Waals surface area contributed by atoms with Gasteiger partial charge in [0.2, 0.25) is 0 Å². The lowest BCUT2D eigenvalue weighted by Gasteiger charge is -2.23. The van der Waals surface area contributed by atoms with E-state index in [0.29, 0.717) is 25.6 Å². The van der Waals surface area contributed by atoms with E-state index in [2.05, 4.69) is 27.7 Å². The molecule has 0 spiro atoms. The molecule has 0 fully saturated rings. The molecule has 0 saturated carbocycles. The van der Waals surface area contributed by atoms with E-state index in [1.165, 1.54) is 122 Å². The van der Waals surface area contributed by atoms with Crippen LogP contribution >= 0.6 is 0 Å². The van der Waals surface area contributed by atoms with Gasteiger partial charge in [0.15, 0.2) is 0 Å². The molecule has 0 saturated heterocycles. The molecule has 0 aromatic rings. The summed E-state index contributed by atoms with van der Waals surface area (Å²) in [6.07, 6.45) is 32.3. The summed E-state index contributed by atoms with van der Waals surface area (Å²) in [4.78, 5) is 24.5. The largest absolute Gasteiger partial charge is 0.466 e. The van der Waals surface area contributed by atoms with Crippen LogP contribution in [0.1, 0.15) is 201 Å². The smallest absolute Gasteiger partial charge is 0.309 e. The number of carbonyl (C=O) groups excluding carboxylic acids is 2. The van der Waals surface area contributed by atoms with Gasteiger partial charge in [-0.15, -0.1) is 0 Å². The van der Waals surface area contributed by atoms with E-state index in [4.69, 9.17) is 9.47 Å². The van der Waals surface area contributed by atoms with Gasteiger partial charge in [-0.1, -0.05) is 163 Å². The van der Waals surface area contributed by atoms with Gasteiger partial charge in [0.1, 0.15) is 0 Å². The number of rotatable bonds is 32. The quantitative estimate of drug-likeness (QED) is 0.0586. The maximum atomic E-state index is 12.7. The average Bonchev–Trinajstić information content (AvgIpc) is 2.97. The molecule has 4 nitrogen and oxygen atoms in total. The van der Waals surface area contributed by atoms with Crippen molar-refractivity contribution in [2.75, 3.05) is 13.2 Å². The molecular weight excluding hydrogens is 508 g/mol. The predicted molar refractivity (Wildman–Crippen MR) is 176 cm³/mol. The molecule has 0 rings (SSSR count). The van der Waals surface area contributed by atoms with Crippen LogP contribution in [-0.4, -0.2) is 25.2 Å². The second kappa shape index (κ2) is 31.9. The molecule has 2 atom stereocenters. The fourth-order valence-corrected chi connectivity index (χ4v) is 5.95. The summed E-state index contributed by atoms with van der Waals surface area (Å²) in [7, 11) is 0. The van der Waals surface area contributed by atoms with Crippen molar-refractivity contribution in [1.29, 1.82) is 0 Å². The van der Waals surface area contributed by atoms with E-state index >= 15 is 0 Å². The average molecular weight is 581 g/mol. The van der Waals surface area contributed by atoms with E-state index in [-0.39, 0.29) is 17.9 Å². The van der Waals surface area contributed by atoms with Gasteiger partial charge in [-0.05, 0) is 38.0 Å². The van der Waals surface area contributed by atoms with E-state index in [1.807, 2.05) is 0 Å². The molecule has 0 aliphatic carbocycles. The number of unbranched alkanes of at least 4 members (excludes halogenated alkanes) is 20. The fraction of sp³-hybridized carbons (Fsp3) is 0.946. The van der Waals surface area contributed by atoms with Crippen molar-refractivity contribution in [1.82, 2.24) is 0 Å². The van der Waals surface area contributed by atoms with Crippen LogP contribution in [0.5, 0.6) is 0 Å². The van der Waals surface area contributed by atoms with Crippen molar-refractivity contribution in [3.8, 4) is 0 Å². The first-order valence-corrected chi connectivity index (χ1v) is 18.4. The standard InChI is InChI=1S/C37H72O4/c1-5-9-11-13-24-28-32-40-36(38)31-27-23-21-19-17-15-16-18-20-22-26-30-34(7-3)35(8-4)37(39)41-33-29-25-14-12-10-6-2/h34-35H,5-33H2,1-4H3. The molecule has 0 aromatic carbocycles. The molecular formula is C37H72O4. The molecule has 0 aromatic heterocycles. The maximum Gasteiger partial charge on any atom is 0.309 e. The van der Waals surface area contributed by atoms with Crippen LogP contribution in [0.2, 0.25) is 0 Å². The molecule has 2 unspecified atom stereocenters. The molecule has 244 valence electrons. The highest BCUT2D eigenvalue weighted by Crippen LogP contribution is 2.27. The summed E-state index contributed by atoms with van der Waals surface area (Å²) >= 11 is 0. The lowest BCUT2D eigenvalue weighted by Crippen LogP contribution is -2.25. The van der Waals surface area contributed by atoms with Crippen LogP contribution in [0.15, 0.2) is 0 Å². The third-order valence-corrected chi connectivity index (χ3v) is 8.79. The van der Waals surface area contributed by atoms with Gasteiger partial charge >= 0.3 is 11.9 Å². The van der Waals surface area contributed by atoms with Crippen LogP contribution in [-0.2, 0) is 19.1 Å². The van der Waals surface area contributed by atoms with E-state index in [1.54, 1.807) is 0 Å². The van der Waals surface area contributed by atoms with Gasteiger partial charge in [-0.3, -0.25) is 9.59 Å². The van der Waals surface area contributed by atoms with Crippen molar-refractivity contribution >= 4 is 11.9 Å². The number of carbonyl (C=O) groups is 2. The summed E-state index contributed by atoms with van der Waals surface area (Å²) in [5.41, 5.74) is 0. The molecule has 41 heavy (non-hydrogen) atoms. The highest BCUT2D eigenvalue weighted by atomic mass is 16.5. The second-order valence-corrected chi connectivity index (χ2v) is 12.5. The Kier molecular flexibility index (Phi) is 31.0. The molecule has 0 heterocycles. The number of hydrogen-bond acceptors (Lipinski definition) is 4. The molecule has 0 amide bonds. The molecule has 0 bridgehead atoms. The minimum atomic E-state index is -0.00235. The van der Waals surface area contributed by atoms with E-state index in [9.17, 15) is 9.59 Å². The summed E-state index contributed by atoms with van der Waals surface area (Å²) < 4.78 is 11.0. The van der Waals surface area contributed by atoms with Crippen molar-refractivity contribution in [3.05, 3.63) is 0 Å². The summed E-state index contributed by atoms with van der Waals surface area (Å²) in [6.45, 7) is 10.1. The van der Waals surface area contributed by atoms with E-state index < -0.39 is 0 Å². The van der Waals surface area contributed by atoms with Gasteiger partial charge in [0.25, 0.3) is 0 Å². The zero-order chi connectivity index (χ0) is 30.2. The van der Waals surface area contributed by atoms with Gasteiger partial charge in [-0.2, -0.15) is 0 Å². The highest BCUT2D eigenvalue weighted by molar-refractivity contribution is 5.72. The van der Waals surface area contributed by atoms with Gasteiger partial charge < -0.3 is 9.47 Å². The first-order valence-electron chi connectivity index (χ1n) is 18.4.